The highest BCUT2D eigenvalue weighted by molar-refractivity contribution is 9.10. The van der Waals surface area contributed by atoms with Gasteiger partial charge in [0.1, 0.15) is 0 Å². The molecule has 4 saturated carbocycles. The van der Waals surface area contributed by atoms with Gasteiger partial charge in [0.05, 0.1) is 29.1 Å². The number of alkyl halides is 1. The van der Waals surface area contributed by atoms with Gasteiger partial charge in [0.15, 0.2) is 5.78 Å². The maximum Gasteiger partial charge on any atom is 0.155 e. The zero-order valence-corrected chi connectivity index (χ0v) is 15.9. The lowest BCUT2D eigenvalue weighted by Gasteiger charge is -2.61. The molecule has 4 rings (SSSR count). The molecule has 4 unspecified atom stereocenters. The number of halogens is 1. The van der Waals surface area contributed by atoms with Crippen molar-refractivity contribution in [2.75, 3.05) is 6.61 Å². The smallest absolute Gasteiger partial charge is 0.155 e. The molecule has 0 heterocycles. The molecule has 0 radical (unpaired) electrons. The molecule has 0 spiro atoms. The van der Waals surface area contributed by atoms with Crippen LogP contribution in [0.25, 0.3) is 0 Å². The zero-order valence-electron chi connectivity index (χ0n) is 14.3. The Labute approximate surface area is 152 Å². The second-order valence-corrected chi connectivity index (χ2v) is 10.3. The number of hydrogen-bond donors (Lipinski definition) is 3. The Morgan fingerprint density at radius 3 is 2.58 bits per heavy atom. The summed E-state index contributed by atoms with van der Waals surface area (Å²) in [6.45, 7) is 2.26. The van der Waals surface area contributed by atoms with E-state index in [1.54, 1.807) is 0 Å². The normalized spacial score (nSPS) is 57.2. The summed E-state index contributed by atoms with van der Waals surface area (Å²) in [6.07, 6.45) is 5.13. The first-order valence-electron chi connectivity index (χ1n) is 9.49. The van der Waals surface area contributed by atoms with Crippen molar-refractivity contribution >= 4 is 21.7 Å². The van der Waals surface area contributed by atoms with Crippen LogP contribution in [0.1, 0.15) is 51.9 Å². The molecule has 0 aliphatic heterocycles. The van der Waals surface area contributed by atoms with E-state index in [-0.39, 0.29) is 40.6 Å². The number of aliphatic hydroxyl groups is 3. The minimum Gasteiger partial charge on any atom is -0.395 e. The van der Waals surface area contributed by atoms with E-state index in [0.29, 0.717) is 11.8 Å². The van der Waals surface area contributed by atoms with Crippen molar-refractivity contribution in [2.24, 2.45) is 34.5 Å². The SMILES string of the molecule is C[C@]12CC[C@H](O)CC1C[C@H](O)C1C3C[C@@H](Br)C(=O)[C@@]3(CO)CCC12. The average Bonchev–Trinajstić information content (AvgIpc) is 2.81. The van der Waals surface area contributed by atoms with Crippen molar-refractivity contribution in [2.45, 2.75) is 68.9 Å². The maximum absolute atomic E-state index is 12.8. The standard InChI is InChI=1S/C19H29BrO4/c1-18-4-2-11(22)6-10(18)7-15(23)16-12(18)3-5-19(9-21)13(16)8-14(20)17(19)24/h10-16,21-23H,2-9H2,1H3/t10?,11-,12?,13?,14+,15-,16?,18-,19+/m0/s1. The second-order valence-electron chi connectivity index (χ2n) is 9.14. The van der Waals surface area contributed by atoms with Crippen LogP contribution in [0.15, 0.2) is 0 Å². The number of carbonyl (C=O) groups is 1. The third-order valence-corrected chi connectivity index (χ3v) is 9.17. The van der Waals surface area contributed by atoms with Crippen LogP contribution in [0, 0.1) is 34.5 Å². The number of fused-ring (bicyclic) bond motifs is 5. The molecule has 0 bridgehead atoms. The van der Waals surface area contributed by atoms with Gasteiger partial charge >= 0.3 is 0 Å². The van der Waals surface area contributed by atoms with Gasteiger partial charge in [0.25, 0.3) is 0 Å². The first-order chi connectivity index (χ1) is 11.3. The topological polar surface area (TPSA) is 77.8 Å². The number of ketones is 1. The van der Waals surface area contributed by atoms with E-state index in [2.05, 4.69) is 22.9 Å². The zero-order chi connectivity index (χ0) is 17.3. The van der Waals surface area contributed by atoms with Crippen LogP contribution in [0.4, 0.5) is 0 Å². The fourth-order valence-electron chi connectivity index (χ4n) is 7.05. The highest BCUT2D eigenvalue weighted by atomic mass is 79.9. The molecule has 3 N–H and O–H groups in total. The minimum absolute atomic E-state index is 0.0812. The van der Waals surface area contributed by atoms with E-state index in [1.165, 1.54) is 0 Å². The van der Waals surface area contributed by atoms with Crippen molar-refractivity contribution in [3.05, 3.63) is 0 Å². The fraction of sp³-hybridized carbons (Fsp3) is 0.947. The third-order valence-electron chi connectivity index (χ3n) is 8.38. The lowest BCUT2D eigenvalue weighted by molar-refractivity contribution is -0.178. The van der Waals surface area contributed by atoms with Crippen LogP contribution in [0.2, 0.25) is 0 Å². The molecule has 4 aliphatic rings. The van der Waals surface area contributed by atoms with Crippen molar-refractivity contribution in [1.82, 2.24) is 0 Å². The number of hydrogen-bond acceptors (Lipinski definition) is 4. The van der Waals surface area contributed by atoms with Crippen LogP contribution in [-0.2, 0) is 4.79 Å². The first-order valence-corrected chi connectivity index (χ1v) is 10.4. The molecular formula is C19H29BrO4. The van der Waals surface area contributed by atoms with Gasteiger partial charge in [-0.2, -0.15) is 0 Å². The molecular weight excluding hydrogens is 372 g/mol. The van der Waals surface area contributed by atoms with E-state index in [1.807, 2.05) is 0 Å². The Morgan fingerprint density at radius 1 is 1.12 bits per heavy atom. The minimum atomic E-state index is -0.645. The number of aliphatic hydroxyl groups excluding tert-OH is 3. The average molecular weight is 401 g/mol. The summed E-state index contributed by atoms with van der Waals surface area (Å²) >= 11 is 3.52. The Morgan fingerprint density at radius 2 is 1.88 bits per heavy atom. The predicted molar refractivity (Wildman–Crippen MR) is 93.6 cm³/mol. The van der Waals surface area contributed by atoms with Gasteiger partial charge in [-0.1, -0.05) is 22.9 Å². The van der Waals surface area contributed by atoms with E-state index in [4.69, 9.17) is 0 Å². The summed E-state index contributed by atoms with van der Waals surface area (Å²) in [5.74, 6) is 1.10. The van der Waals surface area contributed by atoms with Gasteiger partial charge in [-0.3, -0.25) is 4.79 Å². The summed E-state index contributed by atoms with van der Waals surface area (Å²) in [5.41, 5.74) is -0.494. The Bertz CT molecular complexity index is 539. The lowest BCUT2D eigenvalue weighted by Crippen LogP contribution is -2.59. The summed E-state index contributed by atoms with van der Waals surface area (Å²) < 4.78 is 0. The maximum atomic E-state index is 12.8. The fourth-order valence-corrected chi connectivity index (χ4v) is 7.91. The van der Waals surface area contributed by atoms with E-state index in [0.717, 1.165) is 44.9 Å². The van der Waals surface area contributed by atoms with Crippen LogP contribution in [-0.4, -0.2) is 44.7 Å². The predicted octanol–water partition coefficient (Wildman–Crippen LogP) is 2.28. The van der Waals surface area contributed by atoms with Crippen LogP contribution in [0.5, 0.6) is 0 Å². The molecule has 0 saturated heterocycles. The lowest BCUT2D eigenvalue weighted by atomic mass is 9.44. The monoisotopic (exact) mass is 400 g/mol. The first kappa shape index (κ1) is 17.4. The van der Waals surface area contributed by atoms with Gasteiger partial charge in [-0.15, -0.1) is 0 Å². The Hall–Kier alpha value is 0.0300. The van der Waals surface area contributed by atoms with E-state index >= 15 is 0 Å². The molecule has 0 amide bonds. The molecule has 0 aromatic heterocycles. The van der Waals surface area contributed by atoms with Crippen LogP contribution >= 0.6 is 15.9 Å². The summed E-state index contributed by atoms with van der Waals surface area (Å²) in [6, 6.07) is 0. The second kappa shape index (κ2) is 5.77. The largest absolute Gasteiger partial charge is 0.395 e. The molecule has 9 atom stereocenters. The number of carbonyl (C=O) groups excluding carboxylic acids is 1. The Balaban J connectivity index is 1.70. The van der Waals surface area contributed by atoms with Gasteiger partial charge < -0.3 is 15.3 Å². The molecule has 4 nitrogen and oxygen atoms in total. The van der Waals surface area contributed by atoms with Gasteiger partial charge in [0, 0.05) is 0 Å². The van der Waals surface area contributed by atoms with E-state index < -0.39 is 11.5 Å². The molecule has 5 heteroatoms. The molecule has 24 heavy (non-hydrogen) atoms. The molecule has 4 aliphatic carbocycles. The van der Waals surface area contributed by atoms with Gasteiger partial charge in [-0.05, 0) is 74.0 Å². The third kappa shape index (κ3) is 2.17. The summed E-state index contributed by atoms with van der Waals surface area (Å²) in [5, 5.41) is 31.2. The quantitative estimate of drug-likeness (QED) is 0.590. The van der Waals surface area contributed by atoms with Crippen molar-refractivity contribution in [3.63, 3.8) is 0 Å². The summed E-state index contributed by atoms with van der Waals surface area (Å²) in [4.78, 5) is 12.6. The van der Waals surface area contributed by atoms with Crippen molar-refractivity contribution in [1.29, 1.82) is 0 Å². The molecule has 0 aromatic rings. The van der Waals surface area contributed by atoms with Crippen molar-refractivity contribution < 1.29 is 20.1 Å². The van der Waals surface area contributed by atoms with E-state index in [9.17, 15) is 20.1 Å². The summed E-state index contributed by atoms with van der Waals surface area (Å²) in [7, 11) is 0. The van der Waals surface area contributed by atoms with Crippen molar-refractivity contribution in [3.8, 4) is 0 Å². The van der Waals surface area contributed by atoms with Crippen LogP contribution in [0.3, 0.4) is 0 Å². The highest BCUT2D eigenvalue weighted by Gasteiger charge is 2.65. The van der Waals surface area contributed by atoms with Gasteiger partial charge in [-0.25, -0.2) is 0 Å². The number of rotatable bonds is 1. The van der Waals surface area contributed by atoms with Gasteiger partial charge in [0.2, 0.25) is 0 Å². The molecule has 136 valence electrons. The Kier molecular flexibility index (Phi) is 4.19. The van der Waals surface area contributed by atoms with Crippen LogP contribution < -0.4 is 0 Å². The highest BCUT2D eigenvalue weighted by Crippen LogP contribution is 2.65. The molecule has 0 aromatic carbocycles. The number of Topliss-reactive ketones (excluding diaryl/α,β-unsaturated/α-hetero) is 1. The molecule has 4 fully saturated rings.